The van der Waals surface area contributed by atoms with Gasteiger partial charge in [-0.3, -0.25) is 19.3 Å². The zero-order chi connectivity index (χ0) is 17.9. The molecule has 128 valence electrons. The number of hydrogen-bond acceptors (Lipinski definition) is 6. The molecular weight excluding hydrogens is 398 g/mol. The summed E-state index contributed by atoms with van der Waals surface area (Å²) in [6.07, 6.45) is 1.27. The van der Waals surface area contributed by atoms with Gasteiger partial charge in [-0.15, -0.1) is 0 Å². The first-order valence-corrected chi connectivity index (χ1v) is 8.71. The second kappa shape index (κ2) is 7.85. The fourth-order valence-corrected chi connectivity index (χ4v) is 3.23. The number of esters is 1. The molecule has 2 amide bonds. The van der Waals surface area contributed by atoms with Gasteiger partial charge in [-0.25, -0.2) is 0 Å². The number of halogens is 1. The molecule has 0 atom stereocenters. The van der Waals surface area contributed by atoms with E-state index in [1.54, 1.807) is 32.1 Å². The van der Waals surface area contributed by atoms with E-state index in [1.807, 2.05) is 6.07 Å². The lowest BCUT2D eigenvalue weighted by molar-refractivity contribution is -0.149. The number of benzene rings is 1. The average Bonchev–Trinajstić information content (AvgIpc) is 2.74. The van der Waals surface area contributed by atoms with Crippen molar-refractivity contribution in [3.8, 4) is 5.75 Å². The van der Waals surface area contributed by atoms with Crippen molar-refractivity contribution < 1.29 is 23.9 Å². The van der Waals surface area contributed by atoms with E-state index >= 15 is 0 Å². The van der Waals surface area contributed by atoms with Crippen molar-refractivity contribution >= 4 is 50.9 Å². The van der Waals surface area contributed by atoms with Gasteiger partial charge in [-0.05, 0) is 49.9 Å². The summed E-state index contributed by atoms with van der Waals surface area (Å²) in [6.45, 7) is 3.01. The molecule has 1 heterocycles. The van der Waals surface area contributed by atoms with Crippen molar-refractivity contribution in [1.82, 2.24) is 4.90 Å². The van der Waals surface area contributed by atoms with Crippen LogP contribution in [0.1, 0.15) is 19.4 Å². The summed E-state index contributed by atoms with van der Waals surface area (Å²) < 4.78 is 11.0. The number of ether oxygens (including phenoxy) is 2. The predicted molar refractivity (Wildman–Crippen MR) is 94.6 cm³/mol. The number of carbonyl (C=O) groups is 3. The van der Waals surface area contributed by atoms with E-state index in [1.165, 1.54) is 7.11 Å². The number of thioether (sulfide) groups is 1. The Morgan fingerprint density at radius 1 is 1.38 bits per heavy atom. The van der Waals surface area contributed by atoms with Crippen molar-refractivity contribution in [2.75, 3.05) is 13.7 Å². The number of amides is 2. The third-order valence-corrected chi connectivity index (χ3v) is 4.41. The fourth-order valence-electron chi connectivity index (χ4n) is 2.02. The molecule has 0 bridgehead atoms. The quantitative estimate of drug-likeness (QED) is 0.543. The summed E-state index contributed by atoms with van der Waals surface area (Å²) in [6, 6.07) is 5.34. The Morgan fingerprint density at radius 3 is 2.71 bits per heavy atom. The molecule has 24 heavy (non-hydrogen) atoms. The largest absolute Gasteiger partial charge is 0.496 e. The zero-order valence-electron chi connectivity index (χ0n) is 13.4. The lowest BCUT2D eigenvalue weighted by Gasteiger charge is -2.13. The molecule has 1 aliphatic heterocycles. The second-order valence-corrected chi connectivity index (χ2v) is 7.10. The molecule has 6 nitrogen and oxygen atoms in total. The molecule has 0 N–H and O–H groups in total. The van der Waals surface area contributed by atoms with Crippen LogP contribution in [-0.4, -0.2) is 41.8 Å². The Labute approximate surface area is 152 Å². The smallest absolute Gasteiger partial charge is 0.326 e. The van der Waals surface area contributed by atoms with E-state index in [2.05, 4.69) is 15.9 Å². The minimum Gasteiger partial charge on any atom is -0.496 e. The highest BCUT2D eigenvalue weighted by molar-refractivity contribution is 9.10. The van der Waals surface area contributed by atoms with Crippen LogP contribution in [0.5, 0.6) is 5.75 Å². The van der Waals surface area contributed by atoms with Gasteiger partial charge in [-0.1, -0.05) is 15.9 Å². The molecular formula is C16H16BrNO5S. The van der Waals surface area contributed by atoms with Crippen molar-refractivity contribution in [2.45, 2.75) is 20.0 Å². The van der Waals surface area contributed by atoms with Gasteiger partial charge < -0.3 is 9.47 Å². The lowest BCUT2D eigenvalue weighted by Crippen LogP contribution is -2.35. The molecule has 1 aliphatic rings. The number of nitrogens with zero attached hydrogens (tertiary/aromatic N) is 1. The number of imide groups is 1. The van der Waals surface area contributed by atoms with E-state index in [0.29, 0.717) is 11.3 Å². The van der Waals surface area contributed by atoms with Crippen LogP contribution in [0.2, 0.25) is 0 Å². The van der Waals surface area contributed by atoms with Crippen LogP contribution in [0, 0.1) is 0 Å². The first-order valence-electron chi connectivity index (χ1n) is 7.10. The van der Waals surface area contributed by atoms with Crippen molar-refractivity contribution in [1.29, 1.82) is 0 Å². The summed E-state index contributed by atoms with van der Waals surface area (Å²) in [7, 11) is 1.52. The lowest BCUT2D eigenvalue weighted by atomic mass is 10.2. The molecule has 0 spiro atoms. The molecule has 0 saturated carbocycles. The van der Waals surface area contributed by atoms with E-state index in [0.717, 1.165) is 21.1 Å². The number of carbonyl (C=O) groups excluding carboxylic acids is 3. The van der Waals surface area contributed by atoms with Crippen LogP contribution >= 0.6 is 27.7 Å². The Bertz CT molecular complexity index is 716. The molecule has 1 saturated heterocycles. The normalized spacial score (nSPS) is 16.2. The maximum absolute atomic E-state index is 12.4. The molecule has 0 aromatic heterocycles. The zero-order valence-corrected chi connectivity index (χ0v) is 15.8. The monoisotopic (exact) mass is 413 g/mol. The predicted octanol–water partition coefficient (Wildman–Crippen LogP) is 3.45. The number of methoxy groups -OCH3 is 1. The van der Waals surface area contributed by atoms with Crippen LogP contribution in [0.3, 0.4) is 0 Å². The first kappa shape index (κ1) is 18.5. The highest BCUT2D eigenvalue weighted by Gasteiger charge is 2.37. The number of hydrogen-bond donors (Lipinski definition) is 0. The topological polar surface area (TPSA) is 72.9 Å². The SMILES string of the molecule is COc1ccc(Br)cc1/C=C1\SC(=O)N(CC(=O)OC(C)C)C1=O. The van der Waals surface area contributed by atoms with Gasteiger partial charge in [-0.2, -0.15) is 0 Å². The van der Waals surface area contributed by atoms with Crippen molar-refractivity contribution in [3.05, 3.63) is 33.1 Å². The minimum absolute atomic E-state index is 0.230. The maximum atomic E-state index is 12.4. The van der Waals surface area contributed by atoms with E-state index in [4.69, 9.17) is 9.47 Å². The van der Waals surface area contributed by atoms with E-state index < -0.39 is 23.7 Å². The van der Waals surface area contributed by atoms with Gasteiger partial charge >= 0.3 is 5.97 Å². The fraction of sp³-hybridized carbons (Fsp3) is 0.312. The molecule has 0 aliphatic carbocycles. The molecule has 0 radical (unpaired) electrons. The molecule has 0 unspecified atom stereocenters. The number of rotatable bonds is 5. The summed E-state index contributed by atoms with van der Waals surface area (Å²) in [4.78, 5) is 37.2. The molecule has 1 fully saturated rings. The van der Waals surface area contributed by atoms with Crippen LogP contribution in [0.4, 0.5) is 4.79 Å². The Kier molecular flexibility index (Phi) is 6.06. The van der Waals surface area contributed by atoms with Crippen molar-refractivity contribution in [3.63, 3.8) is 0 Å². The third-order valence-electron chi connectivity index (χ3n) is 3.01. The minimum atomic E-state index is -0.617. The Morgan fingerprint density at radius 2 is 2.08 bits per heavy atom. The average molecular weight is 414 g/mol. The molecule has 2 rings (SSSR count). The van der Waals surface area contributed by atoms with Crippen LogP contribution in [0.25, 0.3) is 6.08 Å². The van der Waals surface area contributed by atoms with Gasteiger partial charge in [0.2, 0.25) is 0 Å². The Hall–Kier alpha value is -1.80. The van der Waals surface area contributed by atoms with Gasteiger partial charge in [0.1, 0.15) is 12.3 Å². The van der Waals surface area contributed by atoms with Gasteiger partial charge in [0, 0.05) is 10.0 Å². The van der Waals surface area contributed by atoms with E-state index in [-0.39, 0.29) is 11.0 Å². The molecule has 1 aromatic rings. The summed E-state index contributed by atoms with van der Waals surface area (Å²) >= 11 is 4.14. The van der Waals surface area contributed by atoms with Gasteiger partial charge in [0.05, 0.1) is 18.1 Å². The van der Waals surface area contributed by atoms with Crippen LogP contribution in [0.15, 0.2) is 27.6 Å². The summed E-state index contributed by atoms with van der Waals surface area (Å²) in [5, 5.41) is -0.499. The second-order valence-electron chi connectivity index (χ2n) is 5.19. The highest BCUT2D eigenvalue weighted by atomic mass is 79.9. The molecule has 8 heteroatoms. The highest BCUT2D eigenvalue weighted by Crippen LogP contribution is 2.34. The summed E-state index contributed by atoms with van der Waals surface area (Å²) in [5.74, 6) is -0.564. The van der Waals surface area contributed by atoms with Crippen molar-refractivity contribution in [2.24, 2.45) is 0 Å². The maximum Gasteiger partial charge on any atom is 0.326 e. The van der Waals surface area contributed by atoms with Crippen LogP contribution in [-0.2, 0) is 14.3 Å². The van der Waals surface area contributed by atoms with E-state index in [9.17, 15) is 14.4 Å². The molecule has 1 aromatic carbocycles. The standard InChI is InChI=1S/C16H16BrNO5S/c1-9(2)23-14(19)8-18-15(20)13(24-16(18)21)7-10-6-11(17)4-5-12(10)22-3/h4-7,9H,8H2,1-3H3/b13-7-. The first-order chi connectivity index (χ1) is 11.3. The third kappa shape index (κ3) is 4.39. The van der Waals surface area contributed by atoms with Gasteiger partial charge in [0.25, 0.3) is 11.1 Å². The Balaban J connectivity index is 2.22. The van der Waals surface area contributed by atoms with Gasteiger partial charge in [0.15, 0.2) is 0 Å². The summed E-state index contributed by atoms with van der Waals surface area (Å²) in [5.41, 5.74) is 0.655. The van der Waals surface area contributed by atoms with Crippen LogP contribution < -0.4 is 4.74 Å².